The molecule has 3 heterocycles. The van der Waals surface area contributed by atoms with E-state index in [-0.39, 0.29) is 11.8 Å². The zero-order valence-corrected chi connectivity index (χ0v) is 15.3. The third-order valence-electron chi connectivity index (χ3n) is 4.38. The second-order valence-electron chi connectivity index (χ2n) is 6.18. The summed E-state index contributed by atoms with van der Waals surface area (Å²) in [7, 11) is 1.57. The van der Waals surface area contributed by atoms with Gasteiger partial charge in [0, 0.05) is 58.4 Å². The summed E-state index contributed by atoms with van der Waals surface area (Å²) in [5.74, 6) is 0.532. The molecule has 1 aliphatic heterocycles. The Morgan fingerprint density at radius 3 is 2.63 bits per heavy atom. The Kier molecular flexibility index (Phi) is 6.32. The quantitative estimate of drug-likeness (QED) is 0.759. The van der Waals surface area contributed by atoms with Crippen molar-refractivity contribution < 1.29 is 14.3 Å². The number of carbonyl (C=O) groups excluding carboxylic acids is 2. The number of aromatic nitrogens is 2. The Morgan fingerprint density at radius 2 is 1.93 bits per heavy atom. The van der Waals surface area contributed by atoms with Gasteiger partial charge in [-0.25, -0.2) is 4.98 Å². The summed E-state index contributed by atoms with van der Waals surface area (Å²) >= 11 is 0. The number of hydrogen-bond acceptors (Lipinski definition) is 6. The molecule has 2 aromatic rings. The highest BCUT2D eigenvalue weighted by Crippen LogP contribution is 2.14. The predicted molar refractivity (Wildman–Crippen MR) is 101 cm³/mol. The fourth-order valence-corrected chi connectivity index (χ4v) is 2.91. The summed E-state index contributed by atoms with van der Waals surface area (Å²) in [6.07, 6.45) is 4.72. The van der Waals surface area contributed by atoms with E-state index in [0.29, 0.717) is 50.5 Å². The molecule has 0 unspecified atom stereocenters. The first-order chi connectivity index (χ1) is 13.2. The molecule has 27 heavy (non-hydrogen) atoms. The fraction of sp³-hybridized carbons (Fsp3) is 0.368. The van der Waals surface area contributed by atoms with Gasteiger partial charge in [0.2, 0.25) is 0 Å². The van der Waals surface area contributed by atoms with Gasteiger partial charge in [0.1, 0.15) is 5.82 Å². The standard InChI is InChI=1S/C19H23N5O3/c1-27-11-6-22-18(25)15-12-16(14-20-13-15)19(26)24-9-7-23(8-10-24)17-4-2-3-5-21-17/h2-5,12-14H,6-11H2,1H3,(H,22,25). The first-order valence-electron chi connectivity index (χ1n) is 8.86. The molecule has 0 spiro atoms. The van der Waals surface area contributed by atoms with Crippen molar-refractivity contribution in [1.82, 2.24) is 20.2 Å². The van der Waals surface area contributed by atoms with Gasteiger partial charge >= 0.3 is 0 Å². The Hall–Kier alpha value is -3.00. The molecule has 0 saturated carbocycles. The van der Waals surface area contributed by atoms with E-state index in [4.69, 9.17) is 4.74 Å². The number of nitrogens with zero attached hydrogens (tertiary/aromatic N) is 4. The van der Waals surface area contributed by atoms with Gasteiger partial charge < -0.3 is 19.9 Å². The van der Waals surface area contributed by atoms with E-state index in [1.807, 2.05) is 18.2 Å². The van der Waals surface area contributed by atoms with Crippen LogP contribution in [0.2, 0.25) is 0 Å². The summed E-state index contributed by atoms with van der Waals surface area (Å²) in [6.45, 7) is 3.46. The largest absolute Gasteiger partial charge is 0.383 e. The van der Waals surface area contributed by atoms with Gasteiger partial charge in [-0.15, -0.1) is 0 Å². The number of anilines is 1. The van der Waals surface area contributed by atoms with Crippen LogP contribution in [-0.2, 0) is 4.74 Å². The molecule has 142 valence electrons. The minimum atomic E-state index is -0.269. The second kappa shape index (κ2) is 9.09. The van der Waals surface area contributed by atoms with Crippen LogP contribution in [-0.4, -0.2) is 73.1 Å². The highest BCUT2D eigenvalue weighted by molar-refractivity contribution is 5.99. The number of carbonyl (C=O) groups is 2. The molecule has 0 atom stereocenters. The number of methoxy groups -OCH3 is 1. The molecular formula is C19H23N5O3. The van der Waals surface area contributed by atoms with E-state index in [1.165, 1.54) is 12.4 Å². The minimum absolute atomic E-state index is 0.116. The van der Waals surface area contributed by atoms with Crippen molar-refractivity contribution in [2.45, 2.75) is 0 Å². The SMILES string of the molecule is COCCNC(=O)c1cncc(C(=O)N2CCN(c3ccccn3)CC2)c1. The summed E-state index contributed by atoms with van der Waals surface area (Å²) in [5.41, 5.74) is 0.782. The molecule has 0 aliphatic carbocycles. The summed E-state index contributed by atoms with van der Waals surface area (Å²) in [6, 6.07) is 7.39. The Bertz CT molecular complexity index is 776. The summed E-state index contributed by atoms with van der Waals surface area (Å²) in [4.78, 5) is 37.2. The molecule has 0 radical (unpaired) electrons. The number of pyridine rings is 2. The van der Waals surface area contributed by atoms with Crippen molar-refractivity contribution in [2.24, 2.45) is 0 Å². The maximum absolute atomic E-state index is 12.8. The van der Waals surface area contributed by atoms with Gasteiger partial charge in [0.15, 0.2) is 0 Å². The number of amides is 2. The van der Waals surface area contributed by atoms with Crippen molar-refractivity contribution >= 4 is 17.6 Å². The van der Waals surface area contributed by atoms with Crippen LogP contribution >= 0.6 is 0 Å². The van der Waals surface area contributed by atoms with E-state index in [2.05, 4.69) is 20.2 Å². The van der Waals surface area contributed by atoms with E-state index >= 15 is 0 Å². The van der Waals surface area contributed by atoms with E-state index in [9.17, 15) is 9.59 Å². The molecule has 1 saturated heterocycles. The second-order valence-corrected chi connectivity index (χ2v) is 6.18. The van der Waals surface area contributed by atoms with Gasteiger partial charge in [0.05, 0.1) is 17.7 Å². The minimum Gasteiger partial charge on any atom is -0.383 e. The van der Waals surface area contributed by atoms with Gasteiger partial charge in [-0.2, -0.15) is 0 Å². The predicted octanol–water partition coefficient (Wildman–Crippen LogP) is 0.815. The number of hydrogen-bond donors (Lipinski definition) is 1. The van der Waals surface area contributed by atoms with Gasteiger partial charge in [0.25, 0.3) is 11.8 Å². The van der Waals surface area contributed by atoms with Crippen LogP contribution in [0.5, 0.6) is 0 Å². The lowest BCUT2D eigenvalue weighted by Gasteiger charge is -2.35. The number of nitrogens with one attached hydrogen (secondary N) is 1. The van der Waals surface area contributed by atoms with Crippen molar-refractivity contribution in [1.29, 1.82) is 0 Å². The number of rotatable bonds is 6. The van der Waals surface area contributed by atoms with Gasteiger partial charge in [-0.05, 0) is 18.2 Å². The smallest absolute Gasteiger partial charge is 0.255 e. The van der Waals surface area contributed by atoms with E-state index < -0.39 is 0 Å². The Balaban J connectivity index is 1.60. The lowest BCUT2D eigenvalue weighted by Crippen LogP contribution is -2.49. The molecule has 1 aliphatic rings. The normalized spacial score (nSPS) is 14.1. The average Bonchev–Trinajstić information content (AvgIpc) is 2.74. The molecule has 0 aromatic carbocycles. The van der Waals surface area contributed by atoms with E-state index in [1.54, 1.807) is 24.3 Å². The Morgan fingerprint density at radius 1 is 1.15 bits per heavy atom. The molecule has 3 rings (SSSR count). The topological polar surface area (TPSA) is 87.7 Å². The lowest BCUT2D eigenvalue weighted by molar-refractivity contribution is 0.0746. The maximum Gasteiger partial charge on any atom is 0.255 e. The van der Waals surface area contributed by atoms with Crippen LogP contribution in [0.25, 0.3) is 0 Å². The number of piperazine rings is 1. The molecule has 8 nitrogen and oxygen atoms in total. The average molecular weight is 369 g/mol. The van der Waals surface area contributed by atoms with Gasteiger partial charge in [-0.1, -0.05) is 6.07 Å². The molecule has 1 fully saturated rings. The van der Waals surface area contributed by atoms with Gasteiger partial charge in [-0.3, -0.25) is 14.6 Å². The molecule has 8 heteroatoms. The molecule has 1 N–H and O–H groups in total. The van der Waals surface area contributed by atoms with Crippen LogP contribution in [0, 0.1) is 0 Å². The summed E-state index contributed by atoms with van der Waals surface area (Å²) < 4.78 is 4.91. The lowest BCUT2D eigenvalue weighted by atomic mass is 10.1. The summed E-state index contributed by atoms with van der Waals surface area (Å²) in [5, 5.41) is 2.73. The van der Waals surface area contributed by atoms with Crippen molar-refractivity contribution in [2.75, 3.05) is 51.3 Å². The third-order valence-corrected chi connectivity index (χ3v) is 4.38. The highest BCUT2D eigenvalue weighted by Gasteiger charge is 2.23. The van der Waals surface area contributed by atoms with Crippen molar-refractivity contribution in [3.8, 4) is 0 Å². The zero-order valence-electron chi connectivity index (χ0n) is 15.3. The third kappa shape index (κ3) is 4.79. The monoisotopic (exact) mass is 369 g/mol. The zero-order chi connectivity index (χ0) is 19.1. The molecule has 2 amide bonds. The van der Waals surface area contributed by atoms with E-state index in [0.717, 1.165) is 5.82 Å². The fourth-order valence-electron chi connectivity index (χ4n) is 2.91. The van der Waals surface area contributed by atoms with Crippen molar-refractivity contribution in [3.05, 3.63) is 54.0 Å². The highest BCUT2D eigenvalue weighted by atomic mass is 16.5. The first-order valence-corrected chi connectivity index (χ1v) is 8.86. The molecule has 2 aromatic heterocycles. The van der Waals surface area contributed by atoms with Crippen molar-refractivity contribution in [3.63, 3.8) is 0 Å². The molecule has 0 bridgehead atoms. The first kappa shape index (κ1) is 18.8. The maximum atomic E-state index is 12.8. The number of ether oxygens (including phenoxy) is 1. The van der Waals surface area contributed by atoms with Crippen LogP contribution in [0.3, 0.4) is 0 Å². The molecular weight excluding hydrogens is 346 g/mol. The van der Waals surface area contributed by atoms with Crippen LogP contribution in [0.1, 0.15) is 20.7 Å². The van der Waals surface area contributed by atoms with Crippen LogP contribution in [0.15, 0.2) is 42.9 Å². The Labute approximate surface area is 158 Å². The van der Waals surface area contributed by atoms with Crippen LogP contribution < -0.4 is 10.2 Å². The van der Waals surface area contributed by atoms with Crippen LogP contribution in [0.4, 0.5) is 5.82 Å².